The Hall–Kier alpha value is -8.16. The normalized spacial score (nSPS) is 27.1. The molecule has 3 aliphatic heterocycles. The van der Waals surface area contributed by atoms with Gasteiger partial charge in [-0.15, -0.1) is 5.10 Å². The van der Waals surface area contributed by atoms with Crippen molar-refractivity contribution in [2.45, 2.75) is 231 Å². The molecule has 10 N–H and O–H groups in total. The van der Waals surface area contributed by atoms with E-state index in [1.54, 1.807) is 50.4 Å². The van der Waals surface area contributed by atoms with E-state index in [2.05, 4.69) is 30.6 Å². The van der Waals surface area contributed by atoms with Gasteiger partial charge in [0.15, 0.2) is 17.0 Å². The molecule has 1 saturated carbocycles. The number of aliphatic hydroxyl groups excluding tert-OH is 2. The molecule has 0 spiro atoms. The van der Waals surface area contributed by atoms with E-state index < -0.39 is 95.4 Å². The Bertz CT molecular complexity index is 4120. The van der Waals surface area contributed by atoms with Crippen molar-refractivity contribution >= 4 is 69.1 Å². The fourth-order valence-electron chi connectivity index (χ4n) is 15.5. The Morgan fingerprint density at radius 1 is 0.769 bits per heavy atom. The number of amides is 2. The van der Waals surface area contributed by atoms with Gasteiger partial charge in [-0.2, -0.15) is 10.1 Å². The van der Waals surface area contributed by atoms with E-state index in [-0.39, 0.29) is 80.4 Å². The van der Waals surface area contributed by atoms with Crippen molar-refractivity contribution in [3.05, 3.63) is 84.0 Å². The lowest BCUT2D eigenvalue weighted by Gasteiger charge is -2.42. The van der Waals surface area contributed by atoms with Gasteiger partial charge in [0.1, 0.15) is 53.5 Å². The van der Waals surface area contributed by atoms with Gasteiger partial charge >= 0.3 is 5.97 Å². The summed E-state index contributed by atoms with van der Waals surface area (Å²) in [5, 5.41) is 51.7. The number of hydrogen-bond acceptors (Lipinski definition) is 29. The van der Waals surface area contributed by atoms with E-state index in [4.69, 9.17) is 74.1 Å². The molecule has 4 aromatic heterocycles. The maximum atomic E-state index is 14.7. The Morgan fingerprint density at radius 3 is 2.24 bits per heavy atom. The van der Waals surface area contributed by atoms with Gasteiger partial charge in [-0.25, -0.2) is 24.1 Å². The molecular formula is C84H125N13O20. The molecule has 33 heteroatoms. The van der Waals surface area contributed by atoms with Crippen LogP contribution < -0.4 is 22.5 Å². The molecule has 0 unspecified atom stereocenters. The zero-order valence-corrected chi connectivity index (χ0v) is 69.3. The number of nitrogens with one attached hydrogen (secondary N) is 1. The molecule has 0 radical (unpaired) electrons. The Labute approximate surface area is 684 Å². The number of ether oxygens (including phenoxy) is 10. The molecule has 3 fully saturated rings. The van der Waals surface area contributed by atoms with Crippen LogP contribution in [0, 0.1) is 29.6 Å². The van der Waals surface area contributed by atoms with Crippen molar-refractivity contribution in [1.29, 1.82) is 0 Å². The summed E-state index contributed by atoms with van der Waals surface area (Å²) in [5.74, 6) is -8.67. The van der Waals surface area contributed by atoms with Gasteiger partial charge in [0.05, 0.1) is 108 Å². The quantitative estimate of drug-likeness (QED) is 0.00925. The largest absolute Gasteiger partial charge is 0.459 e. The van der Waals surface area contributed by atoms with Crippen molar-refractivity contribution in [2.24, 2.45) is 35.3 Å². The number of allylic oxidation sites excluding steroid dienone is 6. The van der Waals surface area contributed by atoms with Crippen molar-refractivity contribution in [2.75, 3.05) is 111 Å². The highest BCUT2D eigenvalue weighted by molar-refractivity contribution is 6.39. The second-order valence-electron chi connectivity index (χ2n) is 31.5. The number of aliphatic hydroxyl groups is 3. The summed E-state index contributed by atoms with van der Waals surface area (Å²) >= 11 is 0. The molecule has 2 saturated heterocycles. The highest BCUT2D eigenvalue weighted by atomic mass is 16.6. The number of oxazole rings is 1. The Kier molecular flexibility index (Phi) is 37.2. The number of hydrogen-bond donors (Lipinski definition) is 7. The first-order chi connectivity index (χ1) is 56.3. The van der Waals surface area contributed by atoms with Crippen LogP contribution in [0.5, 0.6) is 0 Å². The van der Waals surface area contributed by atoms with Crippen LogP contribution in [0.3, 0.4) is 0 Å². The number of unbranched alkanes of at least 4 members (excludes halogenated alkanes) is 2. The standard InChI is InChI=1S/C84H125N13O20/c1-53-18-10-9-11-19-54(2)69(107-7)49-62-25-22-58(6)84(106,117-62)78(103)81(104)96-30-15-12-21-65(96)82(105)115-70(50-66(98)55(3)45-57(5)76(101)77(102)75(100)56(4)44-53)63(85)46-59-23-26-68(71(47-59)108-8)114-33-17-13-20-61-51-95(94-92-61)32-35-110-37-39-112-41-43-113-42-40-111-38-36-109-34-28-72(99)88-29-14-16-31-97-80-73(79(86)89-52-90-80)74(93-97)60-24-27-67-64(48-60)91-83(87)116-67/h9-11,18-19,24,27,45,48,51-53,55-56,58-59,62-63,65,68-71,76-77,101-102,106H,12-17,20-23,25-26,28-44,46-47,49-50,85H2,1-8H3,(H2,87,91)(H,88,99)(H2,86,89,90)/b11-9?,18-10+,54-19?,57-45+/t53-,55-,56-,58-,59+,62+,63-,65+,68-,69+,70+,71-,76-,77+,84-/m1/s1. The minimum Gasteiger partial charge on any atom is -0.459 e. The van der Waals surface area contributed by atoms with E-state index in [9.17, 15) is 44.1 Å². The second-order valence-corrected chi connectivity index (χ2v) is 31.5. The minimum atomic E-state index is -2.49. The van der Waals surface area contributed by atoms with Gasteiger partial charge in [0, 0.05) is 95.3 Å². The number of piperidine rings is 1. The molecule has 646 valence electrons. The summed E-state index contributed by atoms with van der Waals surface area (Å²) in [4.78, 5) is 98.0. The summed E-state index contributed by atoms with van der Waals surface area (Å²) < 4.78 is 68.0. The first-order valence-corrected chi connectivity index (χ1v) is 41.5. The Balaban J connectivity index is 0.634. The van der Waals surface area contributed by atoms with Crippen molar-refractivity contribution < 1.29 is 95.9 Å². The lowest BCUT2D eigenvalue weighted by Crippen LogP contribution is -2.61. The van der Waals surface area contributed by atoms with Gasteiger partial charge in [0.25, 0.3) is 17.7 Å². The highest BCUT2D eigenvalue weighted by Crippen LogP contribution is 2.39. The molecule has 1 aromatic carbocycles. The van der Waals surface area contributed by atoms with Crippen molar-refractivity contribution in [1.82, 2.24) is 49.9 Å². The number of methoxy groups -OCH3 is 2. The number of cyclic esters (lactones) is 1. The number of nitrogens with two attached hydrogens (primary N) is 3. The van der Waals surface area contributed by atoms with Crippen LogP contribution in [0.25, 0.3) is 33.4 Å². The third-order valence-electron chi connectivity index (χ3n) is 22.5. The van der Waals surface area contributed by atoms with Gasteiger partial charge in [0.2, 0.25) is 11.7 Å². The van der Waals surface area contributed by atoms with Crippen LogP contribution in [0.4, 0.5) is 11.8 Å². The number of rotatable bonds is 35. The average Bonchev–Trinajstić information content (AvgIpc) is 1.45. The van der Waals surface area contributed by atoms with Crippen LogP contribution in [0.15, 0.2) is 82.7 Å². The number of fused-ring (bicyclic) bond motifs is 5. The number of esters is 1. The molecule has 1 aliphatic carbocycles. The van der Waals surface area contributed by atoms with Crippen molar-refractivity contribution in [3.8, 4) is 11.3 Å². The molecular weight excluding hydrogens is 1510 g/mol. The predicted molar refractivity (Wildman–Crippen MR) is 434 cm³/mol. The van der Waals surface area contributed by atoms with Crippen LogP contribution in [-0.4, -0.2) is 256 Å². The van der Waals surface area contributed by atoms with E-state index in [0.717, 1.165) is 47.4 Å². The zero-order chi connectivity index (χ0) is 84.0. The number of aromatic nitrogens is 8. The fourth-order valence-corrected chi connectivity index (χ4v) is 15.5. The first kappa shape index (κ1) is 92.7. The topological polar surface area (TPSA) is 449 Å². The molecule has 117 heavy (non-hydrogen) atoms. The summed E-state index contributed by atoms with van der Waals surface area (Å²) in [6, 6.07) is 3.44. The van der Waals surface area contributed by atoms with Crippen LogP contribution >= 0.6 is 0 Å². The van der Waals surface area contributed by atoms with Gasteiger partial charge in [-0.3, -0.25) is 24.0 Å². The number of ketones is 3. The predicted octanol–water partition coefficient (Wildman–Crippen LogP) is 7.04. The molecule has 7 heterocycles. The van der Waals surface area contributed by atoms with Crippen LogP contribution in [0.2, 0.25) is 0 Å². The number of benzene rings is 1. The molecule has 2 bridgehead atoms. The molecule has 5 aromatic rings. The molecule has 15 atom stereocenters. The minimum absolute atomic E-state index is 0.0257. The lowest BCUT2D eigenvalue weighted by atomic mass is 9.80. The van der Waals surface area contributed by atoms with Crippen molar-refractivity contribution in [3.63, 3.8) is 0 Å². The van der Waals surface area contributed by atoms with E-state index in [0.29, 0.717) is 184 Å². The summed E-state index contributed by atoms with van der Waals surface area (Å²) in [6.07, 6.45) is 16.6. The first-order valence-electron chi connectivity index (χ1n) is 41.5. The number of carbonyl (C=O) groups is 6. The molecule has 2 amide bonds. The number of carbonyl (C=O) groups excluding carboxylic acids is 6. The van der Waals surface area contributed by atoms with E-state index >= 15 is 0 Å². The Morgan fingerprint density at radius 2 is 1.50 bits per heavy atom. The van der Waals surface area contributed by atoms with E-state index in [1.165, 1.54) is 19.3 Å². The van der Waals surface area contributed by atoms with Crippen LogP contribution in [0.1, 0.15) is 156 Å². The maximum absolute atomic E-state index is 14.7. The molecule has 9 rings (SSSR count). The van der Waals surface area contributed by atoms with Gasteiger partial charge < -0.3 is 94.5 Å². The number of nitrogens with zero attached hydrogens (tertiary/aromatic N) is 9. The SMILES string of the molecule is CO[C@H]1C[C@@H]2CC[C@@H](C)[C@@](O)(O2)C(=O)C(=O)N2CCCC[C@H]2C(=O)O[C@H]([C@H](N)C[C@@H]2CC[C@@H](OCCCCc3cn(CCOCCOCCOCCOCCOCCC(=O)NCCCCn4nc(-c5ccc6oc(N)nc6c5)c5c(N)ncnc54)nn3)[C@H](OC)C2)CC(=O)[C@H](C)/C=C(\C)[C@@H](O)[C@@H](O)C(=O)[C@H](C)C[C@H](C)/C=C/C=CC=C1C. The third kappa shape index (κ3) is 27.4. The average molecular weight is 1640 g/mol. The lowest BCUT2D eigenvalue weighted by molar-refractivity contribution is -0.265. The second kappa shape index (κ2) is 47.0. The van der Waals surface area contributed by atoms with E-state index in [1.807, 2.05) is 62.6 Å². The van der Waals surface area contributed by atoms with Gasteiger partial charge in [-0.1, -0.05) is 69.4 Å². The summed E-state index contributed by atoms with van der Waals surface area (Å²) in [6.45, 7) is 16.3. The monoisotopic (exact) mass is 1640 g/mol. The third-order valence-corrected chi connectivity index (χ3v) is 22.5. The fraction of sp³-hybridized carbons (Fsp3) is 0.667. The highest BCUT2D eigenvalue weighted by Gasteiger charge is 2.53. The smallest absolute Gasteiger partial charge is 0.329 e. The number of nitrogen functional groups attached to an aromatic ring is 2. The number of aryl methyl sites for hydroxylation is 2. The number of Topliss-reactive ketones (excluding diaryl/α,β-unsaturated/α-hetero) is 3. The molecule has 4 aliphatic rings. The summed E-state index contributed by atoms with van der Waals surface area (Å²) in [5.41, 5.74) is 24.2. The number of anilines is 2. The molecule has 33 nitrogen and oxygen atoms in total. The van der Waals surface area contributed by atoms with Crippen LogP contribution in [-0.2, 0) is 95.6 Å². The van der Waals surface area contributed by atoms with Gasteiger partial charge in [-0.05, 0) is 151 Å². The summed E-state index contributed by atoms with van der Waals surface area (Å²) in [7, 11) is 3.20. The zero-order valence-electron chi connectivity index (χ0n) is 69.3. The maximum Gasteiger partial charge on any atom is 0.329 e.